The van der Waals surface area contributed by atoms with Crippen molar-refractivity contribution in [2.24, 2.45) is 0 Å². The molecule has 0 aliphatic rings. The van der Waals surface area contributed by atoms with Crippen LogP contribution >= 0.6 is 0 Å². The second-order valence-electron chi connectivity index (χ2n) is 5.74. The van der Waals surface area contributed by atoms with Crippen molar-refractivity contribution < 1.29 is 13.2 Å². The third kappa shape index (κ3) is 5.95. The van der Waals surface area contributed by atoms with Crippen molar-refractivity contribution in [3.05, 3.63) is 29.3 Å². The van der Waals surface area contributed by atoms with Crippen LogP contribution in [-0.4, -0.2) is 38.9 Å². The van der Waals surface area contributed by atoms with Gasteiger partial charge in [0, 0.05) is 26.1 Å². The monoisotopic (exact) mass is 340 g/mol. The summed E-state index contributed by atoms with van der Waals surface area (Å²) >= 11 is 0. The van der Waals surface area contributed by atoms with Crippen LogP contribution in [0.5, 0.6) is 0 Å². The number of aryl methyl sites for hydroxylation is 2. The molecule has 1 rings (SSSR count). The minimum atomic E-state index is -3.58. The zero-order valence-electron chi connectivity index (χ0n) is 14.6. The second-order valence-corrected chi connectivity index (χ2v) is 7.48. The molecule has 0 radical (unpaired) electrons. The number of sulfonamides is 1. The third-order valence-corrected chi connectivity index (χ3v) is 5.38. The van der Waals surface area contributed by atoms with Gasteiger partial charge in [0.15, 0.2) is 0 Å². The average molecular weight is 340 g/mol. The van der Waals surface area contributed by atoms with Gasteiger partial charge in [-0.1, -0.05) is 25.5 Å². The fraction of sp³-hybridized carbons (Fsp3) is 0.588. The van der Waals surface area contributed by atoms with Gasteiger partial charge in [-0.25, -0.2) is 13.1 Å². The molecule has 1 N–H and O–H groups in total. The number of unbranched alkanes of at least 4 members (excludes halogenated alkanes) is 1. The summed E-state index contributed by atoms with van der Waals surface area (Å²) in [6, 6.07) is 5.32. The molecule has 130 valence electrons. The van der Waals surface area contributed by atoms with Gasteiger partial charge in [0.1, 0.15) is 0 Å². The van der Waals surface area contributed by atoms with Crippen molar-refractivity contribution in [2.45, 2.75) is 51.9 Å². The van der Waals surface area contributed by atoms with E-state index < -0.39 is 10.0 Å². The van der Waals surface area contributed by atoms with Crippen LogP contribution in [0.2, 0.25) is 0 Å². The maximum atomic E-state index is 12.4. The molecule has 0 aliphatic carbocycles. The van der Waals surface area contributed by atoms with E-state index in [0.29, 0.717) is 12.1 Å². The summed E-state index contributed by atoms with van der Waals surface area (Å²) in [5.74, 6) is -0.00962. The summed E-state index contributed by atoms with van der Waals surface area (Å²) in [5, 5.41) is 0. The predicted molar refractivity (Wildman–Crippen MR) is 92.9 cm³/mol. The Hall–Kier alpha value is -1.40. The summed E-state index contributed by atoms with van der Waals surface area (Å²) in [7, 11) is -3.58. The summed E-state index contributed by atoms with van der Waals surface area (Å²) in [6.07, 6.45) is 2.18. The van der Waals surface area contributed by atoms with Crippen molar-refractivity contribution in [3.8, 4) is 0 Å². The number of benzene rings is 1. The average Bonchev–Trinajstić information content (AvgIpc) is 2.50. The first kappa shape index (κ1) is 19.6. The van der Waals surface area contributed by atoms with Crippen molar-refractivity contribution in [1.29, 1.82) is 0 Å². The van der Waals surface area contributed by atoms with Crippen molar-refractivity contribution in [1.82, 2.24) is 9.62 Å². The van der Waals surface area contributed by atoms with Crippen LogP contribution in [-0.2, 0) is 14.8 Å². The molecule has 1 amide bonds. The molecule has 6 heteroatoms. The number of amides is 1. The van der Waals surface area contributed by atoms with E-state index in [1.54, 1.807) is 24.0 Å². The van der Waals surface area contributed by atoms with Gasteiger partial charge in [-0.3, -0.25) is 4.79 Å². The smallest absolute Gasteiger partial charge is 0.240 e. The molecule has 0 saturated heterocycles. The van der Waals surface area contributed by atoms with Crippen LogP contribution in [0.3, 0.4) is 0 Å². The lowest BCUT2D eigenvalue weighted by atomic mass is 10.2. The van der Waals surface area contributed by atoms with Gasteiger partial charge < -0.3 is 4.90 Å². The van der Waals surface area contributed by atoms with Crippen LogP contribution in [0.1, 0.15) is 44.2 Å². The van der Waals surface area contributed by atoms with E-state index >= 15 is 0 Å². The van der Waals surface area contributed by atoms with Gasteiger partial charge in [0.05, 0.1) is 4.90 Å². The van der Waals surface area contributed by atoms with E-state index in [1.165, 1.54) is 0 Å². The first-order valence-electron chi connectivity index (χ1n) is 8.16. The highest BCUT2D eigenvalue weighted by atomic mass is 32.2. The maximum Gasteiger partial charge on any atom is 0.240 e. The Kier molecular flexibility index (Phi) is 7.72. The van der Waals surface area contributed by atoms with Gasteiger partial charge in [-0.05, 0) is 44.4 Å². The van der Waals surface area contributed by atoms with Gasteiger partial charge >= 0.3 is 0 Å². The highest BCUT2D eigenvalue weighted by molar-refractivity contribution is 7.89. The first-order chi connectivity index (χ1) is 10.8. The summed E-state index contributed by atoms with van der Waals surface area (Å²) < 4.78 is 27.3. The molecule has 23 heavy (non-hydrogen) atoms. The van der Waals surface area contributed by atoms with Crippen LogP contribution in [0.25, 0.3) is 0 Å². The van der Waals surface area contributed by atoms with Crippen molar-refractivity contribution in [2.75, 3.05) is 19.6 Å². The minimum Gasteiger partial charge on any atom is -0.343 e. The fourth-order valence-corrected chi connectivity index (χ4v) is 3.69. The molecule has 0 fully saturated rings. The summed E-state index contributed by atoms with van der Waals surface area (Å²) in [5.41, 5.74) is 1.59. The summed E-state index contributed by atoms with van der Waals surface area (Å²) in [6.45, 7) is 9.15. The number of nitrogens with zero attached hydrogens (tertiary/aromatic N) is 1. The number of carbonyl (C=O) groups excluding carboxylic acids is 1. The molecule has 0 unspecified atom stereocenters. The Labute approximate surface area is 140 Å². The minimum absolute atomic E-state index is 0.00962. The quantitative estimate of drug-likeness (QED) is 0.751. The first-order valence-corrected chi connectivity index (χ1v) is 9.64. The molecular formula is C17H28N2O3S. The molecule has 1 aromatic rings. The standard InChI is InChI=1S/C17H28N2O3S/c1-5-7-12-19(6-2)17(20)10-11-18-23(21,22)16-13-14(3)8-9-15(16)4/h8-9,13,18H,5-7,10-12H2,1-4H3. The molecule has 5 nitrogen and oxygen atoms in total. The van der Waals surface area contributed by atoms with Crippen molar-refractivity contribution >= 4 is 15.9 Å². The maximum absolute atomic E-state index is 12.4. The molecule has 0 heterocycles. The normalized spacial score (nSPS) is 11.5. The molecule has 0 atom stereocenters. The zero-order chi connectivity index (χ0) is 17.5. The number of nitrogens with one attached hydrogen (secondary N) is 1. The van der Waals surface area contributed by atoms with Gasteiger partial charge in [0.25, 0.3) is 0 Å². The fourth-order valence-electron chi connectivity index (χ4n) is 2.33. The molecule has 0 bridgehead atoms. The second kappa shape index (κ2) is 9.03. The van der Waals surface area contributed by atoms with Gasteiger partial charge in [0.2, 0.25) is 15.9 Å². The Balaban J connectivity index is 2.63. The molecular weight excluding hydrogens is 312 g/mol. The highest BCUT2D eigenvalue weighted by Crippen LogP contribution is 2.16. The lowest BCUT2D eigenvalue weighted by molar-refractivity contribution is -0.130. The molecule has 0 aliphatic heterocycles. The number of hydrogen-bond acceptors (Lipinski definition) is 3. The number of hydrogen-bond donors (Lipinski definition) is 1. The van der Waals surface area contributed by atoms with Crippen LogP contribution in [0, 0.1) is 13.8 Å². The van der Waals surface area contributed by atoms with E-state index in [2.05, 4.69) is 11.6 Å². The SMILES string of the molecule is CCCCN(CC)C(=O)CCNS(=O)(=O)c1cc(C)ccc1C. The Bertz CT molecular complexity index is 627. The van der Waals surface area contributed by atoms with E-state index in [1.807, 2.05) is 19.9 Å². The molecule has 0 saturated carbocycles. The van der Waals surface area contributed by atoms with E-state index in [0.717, 1.165) is 24.9 Å². The van der Waals surface area contributed by atoms with Gasteiger partial charge in [-0.2, -0.15) is 0 Å². The Morgan fingerprint density at radius 3 is 2.52 bits per heavy atom. The molecule has 0 aromatic heterocycles. The number of rotatable bonds is 9. The highest BCUT2D eigenvalue weighted by Gasteiger charge is 2.18. The largest absolute Gasteiger partial charge is 0.343 e. The summed E-state index contributed by atoms with van der Waals surface area (Å²) in [4.78, 5) is 14.2. The topological polar surface area (TPSA) is 66.5 Å². The zero-order valence-corrected chi connectivity index (χ0v) is 15.4. The van der Waals surface area contributed by atoms with E-state index in [4.69, 9.17) is 0 Å². The lowest BCUT2D eigenvalue weighted by Crippen LogP contribution is -2.35. The molecule has 1 aromatic carbocycles. The van der Waals surface area contributed by atoms with Crippen molar-refractivity contribution in [3.63, 3.8) is 0 Å². The predicted octanol–water partition coefficient (Wildman–Crippen LogP) is 2.62. The lowest BCUT2D eigenvalue weighted by Gasteiger charge is -2.20. The Morgan fingerprint density at radius 1 is 1.22 bits per heavy atom. The van der Waals surface area contributed by atoms with Crippen LogP contribution in [0.4, 0.5) is 0 Å². The Morgan fingerprint density at radius 2 is 1.91 bits per heavy atom. The molecule has 0 spiro atoms. The van der Waals surface area contributed by atoms with Gasteiger partial charge in [-0.15, -0.1) is 0 Å². The van der Waals surface area contributed by atoms with E-state index in [-0.39, 0.29) is 23.8 Å². The third-order valence-electron chi connectivity index (χ3n) is 3.78. The number of carbonyl (C=O) groups is 1. The van der Waals surface area contributed by atoms with Crippen LogP contribution < -0.4 is 4.72 Å². The van der Waals surface area contributed by atoms with Crippen LogP contribution in [0.15, 0.2) is 23.1 Å². The van der Waals surface area contributed by atoms with E-state index in [9.17, 15) is 13.2 Å².